The van der Waals surface area contributed by atoms with Gasteiger partial charge in [0, 0.05) is 11.5 Å². The molecule has 3 atom stereocenters. The summed E-state index contributed by atoms with van der Waals surface area (Å²) in [5.74, 6) is -3.23. The second-order valence-corrected chi connectivity index (χ2v) is 5.05. The molecule has 11 heteroatoms. The van der Waals surface area contributed by atoms with Crippen LogP contribution in [0, 0.1) is 0 Å². The first-order valence-corrected chi connectivity index (χ1v) is 7.58. The van der Waals surface area contributed by atoms with E-state index in [1.165, 1.54) is 6.92 Å². The normalized spacial score (nSPS) is 14.4. The largest absolute Gasteiger partial charge is 0.480 e. The summed E-state index contributed by atoms with van der Waals surface area (Å²) in [4.78, 5) is 45.7. The van der Waals surface area contributed by atoms with Crippen molar-refractivity contribution in [2.75, 3.05) is 18.1 Å². The number of hydrogen-bond donors (Lipinski definition) is 7. The second kappa shape index (κ2) is 10.3. The van der Waals surface area contributed by atoms with Crippen LogP contribution in [-0.4, -0.2) is 65.0 Å². The van der Waals surface area contributed by atoms with Crippen molar-refractivity contribution in [1.29, 1.82) is 0 Å². The zero-order valence-corrected chi connectivity index (χ0v) is 13.7. The Kier molecular flexibility index (Phi) is 9.61. The smallest absolute Gasteiger partial charge is 0.327 e. The molecule has 0 saturated heterocycles. The number of nitrogens with two attached hydrogens (primary N) is 1. The maximum absolute atomic E-state index is 11.9. The molecule has 0 aromatic carbocycles. The Morgan fingerprint density at radius 3 is 1.91 bits per heavy atom. The molecule has 0 aliphatic carbocycles. The molecule has 6 N–H and O–H groups in total. The lowest BCUT2D eigenvalue weighted by Gasteiger charge is -2.21. The van der Waals surface area contributed by atoms with Crippen molar-refractivity contribution < 1.29 is 24.3 Å². The van der Waals surface area contributed by atoms with E-state index >= 15 is 0 Å². The van der Waals surface area contributed by atoms with E-state index in [2.05, 4.69) is 41.2 Å². The number of aliphatic carboxylic acids is 1. The molecular formula is C11H20N4O5S2. The molecule has 22 heavy (non-hydrogen) atoms. The average Bonchev–Trinajstić information content (AvgIpc) is 2.48. The number of rotatable bonds is 9. The van der Waals surface area contributed by atoms with Crippen molar-refractivity contribution >= 4 is 48.9 Å². The number of carbonyl (C=O) groups is 4. The molecule has 9 nitrogen and oxygen atoms in total. The monoisotopic (exact) mass is 352 g/mol. The van der Waals surface area contributed by atoms with E-state index in [-0.39, 0.29) is 18.1 Å². The van der Waals surface area contributed by atoms with Gasteiger partial charge in [0.05, 0.1) is 6.54 Å². The van der Waals surface area contributed by atoms with Crippen molar-refractivity contribution in [3.63, 3.8) is 0 Å². The van der Waals surface area contributed by atoms with Gasteiger partial charge in [0.15, 0.2) is 0 Å². The van der Waals surface area contributed by atoms with Crippen LogP contribution in [0.1, 0.15) is 6.92 Å². The van der Waals surface area contributed by atoms with Gasteiger partial charge in [-0.3, -0.25) is 14.4 Å². The van der Waals surface area contributed by atoms with Gasteiger partial charge in [-0.25, -0.2) is 4.79 Å². The number of nitrogens with one attached hydrogen (secondary N) is 3. The first kappa shape index (κ1) is 20.5. The van der Waals surface area contributed by atoms with Gasteiger partial charge in [-0.2, -0.15) is 25.3 Å². The van der Waals surface area contributed by atoms with E-state index in [0.717, 1.165) is 0 Å². The third-order valence-corrected chi connectivity index (χ3v) is 3.30. The third-order valence-electron chi connectivity index (χ3n) is 2.57. The molecule has 0 rings (SSSR count). The fraction of sp³-hybridized carbons (Fsp3) is 0.636. The van der Waals surface area contributed by atoms with Gasteiger partial charge in [0.25, 0.3) is 0 Å². The maximum Gasteiger partial charge on any atom is 0.327 e. The molecule has 0 aromatic heterocycles. The molecule has 0 spiro atoms. The first-order chi connectivity index (χ1) is 10.3. The van der Waals surface area contributed by atoms with Crippen molar-refractivity contribution in [3.05, 3.63) is 0 Å². The topological polar surface area (TPSA) is 151 Å². The van der Waals surface area contributed by atoms with Gasteiger partial charge in [0.2, 0.25) is 17.7 Å². The molecule has 0 heterocycles. The van der Waals surface area contributed by atoms with Crippen LogP contribution in [0.15, 0.2) is 0 Å². The van der Waals surface area contributed by atoms with Gasteiger partial charge in [0.1, 0.15) is 18.1 Å². The lowest BCUT2D eigenvalue weighted by atomic mass is 10.2. The molecule has 0 aliphatic heterocycles. The summed E-state index contributed by atoms with van der Waals surface area (Å²) < 4.78 is 0. The molecule has 0 bridgehead atoms. The van der Waals surface area contributed by atoms with E-state index in [9.17, 15) is 19.2 Å². The van der Waals surface area contributed by atoms with Crippen LogP contribution in [0.2, 0.25) is 0 Å². The predicted octanol–water partition coefficient (Wildman–Crippen LogP) is -2.64. The standard InChI is InChI=1S/C11H20N4O5S2/c1-5(13-8(16)2-12)9(17)14-6(3-21)10(18)15-7(4-22)11(19)20/h5-7,21-22H,2-4,12H2,1H3,(H,13,16)(H,14,17)(H,15,18)(H,19,20). The highest BCUT2D eigenvalue weighted by Gasteiger charge is 2.26. The minimum atomic E-state index is -1.24. The average molecular weight is 352 g/mol. The van der Waals surface area contributed by atoms with Crippen LogP contribution in [0.4, 0.5) is 0 Å². The summed E-state index contributed by atoms with van der Waals surface area (Å²) in [5, 5.41) is 15.8. The van der Waals surface area contributed by atoms with Crippen molar-refractivity contribution in [1.82, 2.24) is 16.0 Å². The Labute approximate surface area is 138 Å². The molecule has 0 saturated carbocycles. The number of amides is 3. The van der Waals surface area contributed by atoms with Gasteiger partial charge >= 0.3 is 5.97 Å². The summed E-state index contributed by atoms with van der Waals surface area (Å²) in [6, 6.07) is -3.12. The molecule has 3 unspecified atom stereocenters. The SMILES string of the molecule is CC(NC(=O)CN)C(=O)NC(CS)C(=O)NC(CS)C(=O)O. The molecule has 0 radical (unpaired) electrons. The lowest BCUT2D eigenvalue weighted by molar-refractivity contribution is -0.141. The Hall–Kier alpha value is -1.46. The van der Waals surface area contributed by atoms with Crippen LogP contribution >= 0.6 is 25.3 Å². The van der Waals surface area contributed by atoms with Gasteiger partial charge in [-0.1, -0.05) is 0 Å². The van der Waals surface area contributed by atoms with Crippen LogP contribution in [-0.2, 0) is 19.2 Å². The zero-order valence-electron chi connectivity index (χ0n) is 11.9. The van der Waals surface area contributed by atoms with Crippen LogP contribution in [0.3, 0.4) is 0 Å². The Balaban J connectivity index is 4.63. The molecule has 0 fully saturated rings. The minimum Gasteiger partial charge on any atom is -0.480 e. The molecule has 0 aromatic rings. The molecule has 0 aliphatic rings. The van der Waals surface area contributed by atoms with Gasteiger partial charge < -0.3 is 26.8 Å². The first-order valence-electron chi connectivity index (χ1n) is 6.31. The zero-order chi connectivity index (χ0) is 17.3. The van der Waals surface area contributed by atoms with Gasteiger partial charge in [-0.05, 0) is 6.92 Å². The van der Waals surface area contributed by atoms with E-state index in [1.54, 1.807) is 0 Å². The van der Waals surface area contributed by atoms with Crippen LogP contribution in [0.5, 0.6) is 0 Å². The molecule has 3 amide bonds. The summed E-state index contributed by atoms with van der Waals surface area (Å²) >= 11 is 7.76. The summed E-state index contributed by atoms with van der Waals surface area (Å²) in [6.45, 7) is 1.15. The Morgan fingerprint density at radius 1 is 1.00 bits per heavy atom. The highest BCUT2D eigenvalue weighted by atomic mass is 32.1. The number of carboxylic acid groups (broad SMARTS) is 1. The van der Waals surface area contributed by atoms with Crippen molar-refractivity contribution in [2.24, 2.45) is 5.73 Å². The highest BCUT2D eigenvalue weighted by molar-refractivity contribution is 7.80. The summed E-state index contributed by atoms with van der Waals surface area (Å²) in [5.41, 5.74) is 5.11. The summed E-state index contributed by atoms with van der Waals surface area (Å²) in [7, 11) is 0. The number of hydrogen-bond acceptors (Lipinski definition) is 7. The van der Waals surface area contributed by atoms with Crippen molar-refractivity contribution in [3.8, 4) is 0 Å². The number of carboxylic acids is 1. The number of thiol groups is 2. The van der Waals surface area contributed by atoms with E-state index in [0.29, 0.717) is 0 Å². The summed E-state index contributed by atoms with van der Waals surface area (Å²) in [6.07, 6.45) is 0. The lowest BCUT2D eigenvalue weighted by Crippen LogP contribution is -2.56. The molecular weight excluding hydrogens is 332 g/mol. The van der Waals surface area contributed by atoms with E-state index in [4.69, 9.17) is 10.8 Å². The fourth-order valence-electron chi connectivity index (χ4n) is 1.31. The number of carbonyl (C=O) groups excluding carboxylic acids is 3. The Morgan fingerprint density at radius 2 is 1.50 bits per heavy atom. The quantitative estimate of drug-likeness (QED) is 0.225. The third kappa shape index (κ3) is 7.00. The Bertz CT molecular complexity index is 435. The van der Waals surface area contributed by atoms with Crippen molar-refractivity contribution in [2.45, 2.75) is 25.0 Å². The molecule has 126 valence electrons. The maximum atomic E-state index is 11.9. The fourth-order valence-corrected chi connectivity index (χ4v) is 1.82. The predicted molar refractivity (Wildman–Crippen MR) is 85.9 cm³/mol. The van der Waals surface area contributed by atoms with E-state index < -0.39 is 41.8 Å². The van der Waals surface area contributed by atoms with E-state index in [1.807, 2.05) is 0 Å². The second-order valence-electron chi connectivity index (χ2n) is 4.32. The highest BCUT2D eigenvalue weighted by Crippen LogP contribution is 1.95. The van der Waals surface area contributed by atoms with Crippen LogP contribution < -0.4 is 21.7 Å². The van der Waals surface area contributed by atoms with Gasteiger partial charge in [-0.15, -0.1) is 0 Å². The van der Waals surface area contributed by atoms with Crippen LogP contribution in [0.25, 0.3) is 0 Å². The minimum absolute atomic E-state index is 0.0476.